The molecule has 128 valence electrons. The van der Waals surface area contributed by atoms with Gasteiger partial charge in [0.1, 0.15) is 17.2 Å². The third-order valence-electron chi connectivity index (χ3n) is 4.66. The fourth-order valence-corrected chi connectivity index (χ4v) is 3.12. The highest BCUT2D eigenvalue weighted by atomic mass is 19.1. The summed E-state index contributed by atoms with van der Waals surface area (Å²) in [5.41, 5.74) is 0.868. The van der Waals surface area contributed by atoms with Crippen molar-refractivity contribution < 1.29 is 13.9 Å². The van der Waals surface area contributed by atoms with E-state index >= 15 is 0 Å². The molecular formula is C19H18FN3O2. The molecule has 0 bridgehead atoms. The molecule has 1 aliphatic rings. The third kappa shape index (κ3) is 2.78. The maximum Gasteiger partial charge on any atom is 0.342 e. The van der Waals surface area contributed by atoms with Crippen molar-refractivity contribution in [3.63, 3.8) is 0 Å². The molecule has 0 radical (unpaired) electrons. The number of nitrogens with zero attached hydrogens (tertiary/aromatic N) is 2. The van der Waals surface area contributed by atoms with Gasteiger partial charge in [0.2, 0.25) is 0 Å². The standard InChI is InChI=1S/C19H18FN3O2/c1-19(8-4-5-13(20)10-19)23(2)17-16(18(24)25-3)14-7-6-12(11-21)9-15(14)22-17/h4-9,22H,10H2,1-3H3. The number of anilines is 1. The van der Waals surface area contributed by atoms with Crippen molar-refractivity contribution in [2.24, 2.45) is 0 Å². The Kier molecular flexibility index (Phi) is 4.09. The number of hydrogen-bond donors (Lipinski definition) is 1. The number of allylic oxidation sites excluding steroid dienone is 2. The van der Waals surface area contributed by atoms with E-state index in [1.54, 1.807) is 31.3 Å². The van der Waals surface area contributed by atoms with Crippen LogP contribution in [0.15, 0.2) is 42.3 Å². The molecule has 1 aromatic carbocycles. The first-order valence-electron chi connectivity index (χ1n) is 7.81. The molecule has 3 rings (SSSR count). The number of H-pyrrole nitrogens is 1. The molecule has 0 saturated heterocycles. The molecule has 1 unspecified atom stereocenters. The second kappa shape index (κ2) is 6.10. The van der Waals surface area contributed by atoms with E-state index in [1.807, 2.05) is 17.9 Å². The molecule has 5 nitrogen and oxygen atoms in total. The van der Waals surface area contributed by atoms with Crippen molar-refractivity contribution in [2.45, 2.75) is 18.9 Å². The first-order valence-corrected chi connectivity index (χ1v) is 7.81. The largest absolute Gasteiger partial charge is 0.465 e. The molecule has 1 aromatic heterocycles. The van der Waals surface area contributed by atoms with Gasteiger partial charge < -0.3 is 14.6 Å². The third-order valence-corrected chi connectivity index (χ3v) is 4.66. The lowest BCUT2D eigenvalue weighted by molar-refractivity contribution is 0.0603. The van der Waals surface area contributed by atoms with E-state index in [-0.39, 0.29) is 12.2 Å². The van der Waals surface area contributed by atoms with Crippen LogP contribution in [0, 0.1) is 11.3 Å². The number of halogens is 1. The van der Waals surface area contributed by atoms with E-state index < -0.39 is 11.5 Å². The van der Waals surface area contributed by atoms with E-state index in [0.29, 0.717) is 27.8 Å². The van der Waals surface area contributed by atoms with Gasteiger partial charge in [0.25, 0.3) is 0 Å². The van der Waals surface area contributed by atoms with Crippen molar-refractivity contribution in [1.82, 2.24) is 4.98 Å². The molecule has 0 saturated carbocycles. The summed E-state index contributed by atoms with van der Waals surface area (Å²) >= 11 is 0. The first kappa shape index (κ1) is 16.8. The van der Waals surface area contributed by atoms with E-state index in [9.17, 15) is 9.18 Å². The summed E-state index contributed by atoms with van der Waals surface area (Å²) in [6.45, 7) is 1.89. The van der Waals surface area contributed by atoms with Crippen LogP contribution in [0.2, 0.25) is 0 Å². The lowest BCUT2D eigenvalue weighted by Gasteiger charge is -2.38. The van der Waals surface area contributed by atoms with Gasteiger partial charge in [0, 0.05) is 24.4 Å². The van der Waals surface area contributed by atoms with E-state index in [4.69, 9.17) is 10.00 Å². The van der Waals surface area contributed by atoms with Crippen LogP contribution in [0.3, 0.4) is 0 Å². The van der Waals surface area contributed by atoms with Crippen LogP contribution in [0.25, 0.3) is 10.9 Å². The Hall–Kier alpha value is -3.07. The van der Waals surface area contributed by atoms with E-state index in [2.05, 4.69) is 11.1 Å². The Morgan fingerprint density at radius 1 is 1.48 bits per heavy atom. The minimum Gasteiger partial charge on any atom is -0.465 e. The highest BCUT2D eigenvalue weighted by Gasteiger charge is 2.34. The number of hydrogen-bond acceptors (Lipinski definition) is 4. The van der Waals surface area contributed by atoms with Gasteiger partial charge in [-0.1, -0.05) is 18.2 Å². The minimum absolute atomic E-state index is 0.194. The second-order valence-corrected chi connectivity index (χ2v) is 6.28. The van der Waals surface area contributed by atoms with Gasteiger partial charge in [-0.15, -0.1) is 0 Å². The molecule has 1 N–H and O–H groups in total. The number of esters is 1. The number of benzene rings is 1. The van der Waals surface area contributed by atoms with E-state index in [1.165, 1.54) is 13.2 Å². The summed E-state index contributed by atoms with van der Waals surface area (Å²) in [6.07, 6.45) is 5.19. The van der Waals surface area contributed by atoms with E-state index in [0.717, 1.165) is 0 Å². The molecule has 0 aliphatic heterocycles. The lowest BCUT2D eigenvalue weighted by atomic mass is 9.91. The van der Waals surface area contributed by atoms with Gasteiger partial charge in [-0.25, -0.2) is 9.18 Å². The summed E-state index contributed by atoms with van der Waals surface area (Å²) in [7, 11) is 3.12. The first-order chi connectivity index (χ1) is 11.9. The SMILES string of the molecule is COC(=O)c1c(N(C)C2(C)C=CC=C(F)C2)[nH]c2cc(C#N)ccc12. The molecule has 1 atom stereocenters. The number of carbonyl (C=O) groups excluding carboxylic acids is 1. The molecule has 25 heavy (non-hydrogen) atoms. The summed E-state index contributed by atoms with van der Waals surface area (Å²) in [6, 6.07) is 7.12. The minimum atomic E-state index is -0.638. The number of carbonyl (C=O) groups is 1. The molecule has 0 spiro atoms. The number of likely N-dealkylation sites (N-methyl/N-ethyl adjacent to an activating group) is 1. The normalized spacial score (nSPS) is 19.4. The van der Waals surface area contributed by atoms with Gasteiger partial charge in [-0.05, 0) is 25.1 Å². The highest BCUT2D eigenvalue weighted by molar-refractivity contribution is 6.09. The van der Waals surface area contributed by atoms with Crippen LogP contribution in [-0.4, -0.2) is 30.6 Å². The van der Waals surface area contributed by atoms with Crippen LogP contribution in [0.5, 0.6) is 0 Å². The number of methoxy groups -OCH3 is 1. The fraction of sp³-hybridized carbons (Fsp3) is 0.263. The Bertz CT molecular complexity index is 951. The predicted octanol–water partition coefficient (Wildman–Crippen LogP) is 3.83. The van der Waals surface area contributed by atoms with Crippen LogP contribution in [0.1, 0.15) is 29.3 Å². The van der Waals surface area contributed by atoms with Gasteiger partial charge in [-0.2, -0.15) is 5.26 Å². The molecule has 1 heterocycles. The van der Waals surface area contributed by atoms with Crippen molar-refractivity contribution in [1.29, 1.82) is 5.26 Å². The molecular weight excluding hydrogens is 321 g/mol. The maximum absolute atomic E-state index is 13.8. The topological polar surface area (TPSA) is 69.1 Å². The highest BCUT2D eigenvalue weighted by Crippen LogP contribution is 2.37. The molecule has 2 aromatic rings. The number of ether oxygens (including phenoxy) is 1. The van der Waals surface area contributed by atoms with Crippen molar-refractivity contribution in [3.05, 3.63) is 53.4 Å². The Balaban J connectivity index is 2.18. The second-order valence-electron chi connectivity index (χ2n) is 6.28. The van der Waals surface area contributed by atoms with Crippen LogP contribution >= 0.6 is 0 Å². The number of nitrogens with one attached hydrogen (secondary N) is 1. The van der Waals surface area contributed by atoms with Crippen LogP contribution in [-0.2, 0) is 4.74 Å². The number of nitriles is 1. The zero-order valence-corrected chi connectivity index (χ0v) is 14.3. The number of aromatic amines is 1. The summed E-state index contributed by atoms with van der Waals surface area (Å²) < 4.78 is 18.8. The Morgan fingerprint density at radius 2 is 2.24 bits per heavy atom. The predicted molar refractivity (Wildman–Crippen MR) is 94.1 cm³/mol. The zero-order valence-electron chi connectivity index (χ0n) is 14.3. The summed E-state index contributed by atoms with van der Waals surface area (Å²) in [5.74, 6) is -0.185. The number of fused-ring (bicyclic) bond motifs is 1. The van der Waals surface area contributed by atoms with Gasteiger partial charge >= 0.3 is 5.97 Å². The molecule has 1 aliphatic carbocycles. The van der Waals surface area contributed by atoms with Gasteiger partial charge in [-0.3, -0.25) is 0 Å². The summed E-state index contributed by atoms with van der Waals surface area (Å²) in [5, 5.41) is 9.75. The van der Waals surface area contributed by atoms with Crippen molar-refractivity contribution in [2.75, 3.05) is 19.1 Å². The van der Waals surface area contributed by atoms with Gasteiger partial charge in [0.15, 0.2) is 0 Å². The Labute approximate surface area is 145 Å². The zero-order chi connectivity index (χ0) is 18.2. The quantitative estimate of drug-likeness (QED) is 0.863. The lowest BCUT2D eigenvalue weighted by Crippen LogP contribution is -2.44. The number of aromatic nitrogens is 1. The average molecular weight is 339 g/mol. The van der Waals surface area contributed by atoms with Crippen LogP contribution < -0.4 is 4.90 Å². The number of rotatable bonds is 3. The molecule has 0 amide bonds. The monoisotopic (exact) mass is 339 g/mol. The van der Waals surface area contributed by atoms with Crippen molar-refractivity contribution >= 4 is 22.7 Å². The molecule has 6 heteroatoms. The fourth-order valence-electron chi connectivity index (χ4n) is 3.12. The molecule has 0 fully saturated rings. The smallest absolute Gasteiger partial charge is 0.342 e. The summed E-state index contributed by atoms with van der Waals surface area (Å²) in [4.78, 5) is 17.4. The Morgan fingerprint density at radius 3 is 2.88 bits per heavy atom. The maximum atomic E-state index is 13.8. The van der Waals surface area contributed by atoms with Gasteiger partial charge in [0.05, 0.1) is 24.3 Å². The average Bonchev–Trinajstić information content (AvgIpc) is 2.98. The van der Waals surface area contributed by atoms with Crippen molar-refractivity contribution in [3.8, 4) is 6.07 Å². The van der Waals surface area contributed by atoms with Crippen LogP contribution in [0.4, 0.5) is 10.2 Å².